The summed E-state index contributed by atoms with van der Waals surface area (Å²) in [5.41, 5.74) is 0.401. The standard InChI is InChI=1S/C14H26N2O/c1-2-3-6-13(17)16-10-5-8-14(12-16)7-4-9-15-11-14/h15H,2-12H2,1H3. The van der Waals surface area contributed by atoms with Gasteiger partial charge in [-0.15, -0.1) is 0 Å². The molecule has 2 aliphatic rings. The Balaban J connectivity index is 1.89. The van der Waals surface area contributed by atoms with E-state index >= 15 is 0 Å². The maximum absolute atomic E-state index is 12.1. The van der Waals surface area contributed by atoms with Gasteiger partial charge in [-0.1, -0.05) is 13.3 Å². The largest absolute Gasteiger partial charge is 0.342 e. The average molecular weight is 238 g/mol. The number of nitrogens with one attached hydrogen (secondary N) is 1. The van der Waals surface area contributed by atoms with Crippen molar-refractivity contribution in [1.82, 2.24) is 10.2 Å². The van der Waals surface area contributed by atoms with Crippen molar-refractivity contribution in [3.05, 3.63) is 0 Å². The van der Waals surface area contributed by atoms with Crippen molar-refractivity contribution in [3.8, 4) is 0 Å². The van der Waals surface area contributed by atoms with Crippen molar-refractivity contribution in [2.24, 2.45) is 5.41 Å². The van der Waals surface area contributed by atoms with Gasteiger partial charge in [-0.05, 0) is 38.6 Å². The Kier molecular flexibility index (Phi) is 4.43. The van der Waals surface area contributed by atoms with Crippen LogP contribution in [0.15, 0.2) is 0 Å². The van der Waals surface area contributed by atoms with E-state index in [1.807, 2.05) is 0 Å². The average Bonchev–Trinajstić information content (AvgIpc) is 2.37. The molecule has 1 N–H and O–H groups in total. The molecule has 2 rings (SSSR count). The Morgan fingerprint density at radius 3 is 2.88 bits per heavy atom. The Morgan fingerprint density at radius 1 is 1.35 bits per heavy atom. The molecule has 1 atom stereocenters. The number of rotatable bonds is 3. The fourth-order valence-electron chi connectivity index (χ4n) is 3.29. The van der Waals surface area contributed by atoms with Crippen molar-refractivity contribution < 1.29 is 4.79 Å². The van der Waals surface area contributed by atoms with E-state index in [4.69, 9.17) is 0 Å². The van der Waals surface area contributed by atoms with Gasteiger partial charge in [0, 0.05) is 31.5 Å². The summed E-state index contributed by atoms with van der Waals surface area (Å²) >= 11 is 0. The van der Waals surface area contributed by atoms with E-state index in [1.54, 1.807) is 0 Å². The summed E-state index contributed by atoms with van der Waals surface area (Å²) in [7, 11) is 0. The Bertz CT molecular complexity index is 253. The third-order valence-electron chi connectivity index (χ3n) is 4.32. The summed E-state index contributed by atoms with van der Waals surface area (Å²) < 4.78 is 0. The van der Waals surface area contributed by atoms with Crippen LogP contribution in [-0.2, 0) is 4.79 Å². The number of hydrogen-bond acceptors (Lipinski definition) is 2. The van der Waals surface area contributed by atoms with Crippen LogP contribution in [-0.4, -0.2) is 37.0 Å². The lowest BCUT2D eigenvalue weighted by Crippen LogP contribution is -2.52. The van der Waals surface area contributed by atoms with E-state index in [9.17, 15) is 4.79 Å². The van der Waals surface area contributed by atoms with Gasteiger partial charge in [-0.3, -0.25) is 4.79 Å². The molecule has 1 unspecified atom stereocenters. The van der Waals surface area contributed by atoms with E-state index in [-0.39, 0.29) is 0 Å². The summed E-state index contributed by atoms with van der Waals surface area (Å²) in [6.45, 7) is 6.42. The lowest BCUT2D eigenvalue weighted by molar-refractivity contribution is -0.135. The number of carbonyl (C=O) groups is 1. The first kappa shape index (κ1) is 12.9. The molecule has 0 aromatic heterocycles. The molecule has 0 aliphatic carbocycles. The minimum Gasteiger partial charge on any atom is -0.342 e. The number of hydrogen-bond donors (Lipinski definition) is 1. The van der Waals surface area contributed by atoms with Crippen LogP contribution < -0.4 is 5.32 Å². The van der Waals surface area contributed by atoms with Gasteiger partial charge >= 0.3 is 0 Å². The van der Waals surface area contributed by atoms with E-state index in [0.29, 0.717) is 11.3 Å². The second-order valence-electron chi connectivity index (χ2n) is 5.80. The third-order valence-corrected chi connectivity index (χ3v) is 4.32. The van der Waals surface area contributed by atoms with Gasteiger partial charge in [0.1, 0.15) is 0 Å². The van der Waals surface area contributed by atoms with Crippen LogP contribution >= 0.6 is 0 Å². The minimum absolute atomic E-state index is 0.386. The highest BCUT2D eigenvalue weighted by Gasteiger charge is 2.37. The lowest BCUT2D eigenvalue weighted by Gasteiger charge is -2.45. The molecule has 2 saturated heterocycles. The summed E-state index contributed by atoms with van der Waals surface area (Å²) in [6, 6.07) is 0. The van der Waals surface area contributed by atoms with Crippen molar-refractivity contribution in [3.63, 3.8) is 0 Å². The predicted octanol–water partition coefficient (Wildman–Crippen LogP) is 2.17. The van der Waals surface area contributed by atoms with Crippen LogP contribution in [0.2, 0.25) is 0 Å². The van der Waals surface area contributed by atoms with Gasteiger partial charge < -0.3 is 10.2 Å². The highest BCUT2D eigenvalue weighted by molar-refractivity contribution is 5.76. The van der Waals surface area contributed by atoms with Gasteiger partial charge in [0.15, 0.2) is 0 Å². The van der Waals surface area contributed by atoms with Gasteiger partial charge in [0.05, 0.1) is 0 Å². The van der Waals surface area contributed by atoms with Crippen LogP contribution in [0.25, 0.3) is 0 Å². The van der Waals surface area contributed by atoms with Crippen molar-refractivity contribution in [2.45, 2.75) is 51.9 Å². The second-order valence-corrected chi connectivity index (χ2v) is 5.80. The molecule has 3 nitrogen and oxygen atoms in total. The van der Waals surface area contributed by atoms with E-state index < -0.39 is 0 Å². The zero-order valence-corrected chi connectivity index (χ0v) is 11.1. The first-order valence-corrected chi connectivity index (χ1v) is 7.24. The van der Waals surface area contributed by atoms with Crippen molar-refractivity contribution in [2.75, 3.05) is 26.2 Å². The normalized spacial score (nSPS) is 29.6. The molecule has 0 bridgehead atoms. The Hall–Kier alpha value is -0.570. The van der Waals surface area contributed by atoms with Gasteiger partial charge in [0.2, 0.25) is 5.91 Å². The van der Waals surface area contributed by atoms with E-state index in [1.165, 1.54) is 25.7 Å². The van der Waals surface area contributed by atoms with Crippen molar-refractivity contribution in [1.29, 1.82) is 0 Å². The fourth-order valence-corrected chi connectivity index (χ4v) is 3.29. The molecular weight excluding hydrogens is 212 g/mol. The second kappa shape index (κ2) is 5.85. The van der Waals surface area contributed by atoms with Crippen LogP contribution in [0.5, 0.6) is 0 Å². The third kappa shape index (κ3) is 3.21. The van der Waals surface area contributed by atoms with Crippen LogP contribution in [0.1, 0.15) is 51.9 Å². The molecule has 1 amide bonds. The lowest BCUT2D eigenvalue weighted by atomic mass is 9.74. The quantitative estimate of drug-likeness (QED) is 0.817. The zero-order chi connectivity index (χ0) is 12.1. The van der Waals surface area contributed by atoms with Gasteiger partial charge in [-0.2, -0.15) is 0 Å². The Labute approximate surface area is 105 Å². The number of piperidine rings is 2. The molecule has 1 spiro atoms. The molecule has 2 heterocycles. The maximum atomic E-state index is 12.1. The molecule has 0 aromatic rings. The topological polar surface area (TPSA) is 32.3 Å². The number of amides is 1. The van der Waals surface area contributed by atoms with E-state index in [0.717, 1.165) is 45.4 Å². The zero-order valence-electron chi connectivity index (χ0n) is 11.1. The van der Waals surface area contributed by atoms with Crippen LogP contribution in [0.4, 0.5) is 0 Å². The van der Waals surface area contributed by atoms with E-state index in [2.05, 4.69) is 17.1 Å². The summed E-state index contributed by atoms with van der Waals surface area (Å²) in [5.74, 6) is 0.386. The number of nitrogens with zero attached hydrogens (tertiary/aromatic N) is 1. The molecule has 17 heavy (non-hydrogen) atoms. The predicted molar refractivity (Wildman–Crippen MR) is 69.9 cm³/mol. The number of likely N-dealkylation sites (tertiary alicyclic amines) is 1. The molecule has 98 valence electrons. The molecule has 0 aromatic carbocycles. The molecule has 0 saturated carbocycles. The first-order valence-electron chi connectivity index (χ1n) is 7.24. The van der Waals surface area contributed by atoms with Gasteiger partial charge in [-0.25, -0.2) is 0 Å². The number of unbranched alkanes of at least 4 members (excludes halogenated alkanes) is 1. The Morgan fingerprint density at radius 2 is 2.18 bits per heavy atom. The molecule has 2 fully saturated rings. The molecule has 0 radical (unpaired) electrons. The SMILES string of the molecule is CCCCC(=O)N1CCCC2(CCCNC2)C1. The minimum atomic E-state index is 0.386. The fraction of sp³-hybridized carbons (Fsp3) is 0.929. The van der Waals surface area contributed by atoms with Crippen LogP contribution in [0.3, 0.4) is 0 Å². The highest BCUT2D eigenvalue weighted by Crippen LogP contribution is 2.36. The molecular formula is C14H26N2O. The summed E-state index contributed by atoms with van der Waals surface area (Å²) in [6.07, 6.45) is 7.98. The molecule has 3 heteroatoms. The smallest absolute Gasteiger partial charge is 0.222 e. The van der Waals surface area contributed by atoms with Gasteiger partial charge in [0.25, 0.3) is 0 Å². The summed E-state index contributed by atoms with van der Waals surface area (Å²) in [5, 5.41) is 3.51. The van der Waals surface area contributed by atoms with Crippen LogP contribution in [0, 0.1) is 5.41 Å². The molecule has 2 aliphatic heterocycles. The highest BCUT2D eigenvalue weighted by atomic mass is 16.2. The number of carbonyl (C=O) groups excluding carboxylic acids is 1. The monoisotopic (exact) mass is 238 g/mol. The van der Waals surface area contributed by atoms with Crippen molar-refractivity contribution >= 4 is 5.91 Å². The first-order chi connectivity index (χ1) is 8.26. The summed E-state index contributed by atoms with van der Waals surface area (Å²) in [4.78, 5) is 14.2. The maximum Gasteiger partial charge on any atom is 0.222 e.